The van der Waals surface area contributed by atoms with Crippen molar-refractivity contribution < 1.29 is 28.5 Å². The number of ether oxygens (including phenoxy) is 4. The largest absolute Gasteiger partial charge is 0.493 e. The molecular formula is C24H28N2O6. The first-order valence-electron chi connectivity index (χ1n) is 10.3. The SMILES string of the molecule is COc1cc(C2NC(=O)NC(C)=C2C(=O)OC(C)C)cc(OC)c1OCc1ccccc1. The number of esters is 1. The lowest BCUT2D eigenvalue weighted by Gasteiger charge is -2.29. The number of hydrogen-bond acceptors (Lipinski definition) is 6. The van der Waals surface area contributed by atoms with Crippen molar-refractivity contribution in [3.8, 4) is 17.2 Å². The first-order chi connectivity index (χ1) is 15.3. The summed E-state index contributed by atoms with van der Waals surface area (Å²) < 4.78 is 22.5. The van der Waals surface area contributed by atoms with Crippen LogP contribution in [0.25, 0.3) is 0 Å². The van der Waals surface area contributed by atoms with Gasteiger partial charge in [0.1, 0.15) is 6.61 Å². The molecule has 0 fully saturated rings. The Morgan fingerprint density at radius 1 is 1.06 bits per heavy atom. The van der Waals surface area contributed by atoms with Crippen LogP contribution in [0, 0.1) is 0 Å². The van der Waals surface area contributed by atoms with Crippen molar-refractivity contribution in [1.82, 2.24) is 10.6 Å². The minimum Gasteiger partial charge on any atom is -0.493 e. The predicted octanol–water partition coefficient (Wildman–Crippen LogP) is 3.86. The van der Waals surface area contributed by atoms with E-state index >= 15 is 0 Å². The molecule has 0 saturated carbocycles. The Morgan fingerprint density at radius 2 is 1.69 bits per heavy atom. The summed E-state index contributed by atoms with van der Waals surface area (Å²) in [7, 11) is 3.04. The highest BCUT2D eigenvalue weighted by molar-refractivity contribution is 5.95. The van der Waals surface area contributed by atoms with E-state index in [9.17, 15) is 9.59 Å². The second-order valence-corrected chi connectivity index (χ2v) is 7.55. The van der Waals surface area contributed by atoms with Gasteiger partial charge in [-0.2, -0.15) is 0 Å². The molecule has 2 aromatic carbocycles. The van der Waals surface area contributed by atoms with Crippen LogP contribution < -0.4 is 24.8 Å². The van der Waals surface area contributed by atoms with Crippen LogP contribution in [0.1, 0.15) is 37.9 Å². The van der Waals surface area contributed by atoms with Crippen LogP contribution >= 0.6 is 0 Å². The van der Waals surface area contributed by atoms with Crippen LogP contribution in [0.4, 0.5) is 4.79 Å². The van der Waals surface area contributed by atoms with E-state index in [1.807, 2.05) is 30.3 Å². The van der Waals surface area contributed by atoms with Gasteiger partial charge < -0.3 is 29.6 Å². The van der Waals surface area contributed by atoms with Crippen molar-refractivity contribution in [3.63, 3.8) is 0 Å². The van der Waals surface area contributed by atoms with Crippen molar-refractivity contribution in [3.05, 3.63) is 64.9 Å². The van der Waals surface area contributed by atoms with Gasteiger partial charge in [0.2, 0.25) is 5.75 Å². The highest BCUT2D eigenvalue weighted by atomic mass is 16.5. The molecule has 2 aromatic rings. The highest BCUT2D eigenvalue weighted by Gasteiger charge is 2.34. The van der Waals surface area contributed by atoms with E-state index in [0.717, 1.165) is 5.56 Å². The monoisotopic (exact) mass is 440 g/mol. The van der Waals surface area contributed by atoms with E-state index in [4.69, 9.17) is 18.9 Å². The summed E-state index contributed by atoms with van der Waals surface area (Å²) in [6.07, 6.45) is -0.307. The number of carbonyl (C=O) groups excluding carboxylic acids is 2. The van der Waals surface area contributed by atoms with Gasteiger partial charge in [-0.3, -0.25) is 0 Å². The van der Waals surface area contributed by atoms with Crippen LogP contribution in [-0.2, 0) is 16.1 Å². The molecule has 3 rings (SSSR count). The molecule has 1 aliphatic rings. The van der Waals surface area contributed by atoms with Gasteiger partial charge in [0.25, 0.3) is 0 Å². The summed E-state index contributed by atoms with van der Waals surface area (Å²) in [6.45, 7) is 5.52. The first kappa shape index (κ1) is 23.0. The number of methoxy groups -OCH3 is 2. The molecule has 2 N–H and O–H groups in total. The van der Waals surface area contributed by atoms with E-state index in [1.54, 1.807) is 32.9 Å². The zero-order valence-corrected chi connectivity index (χ0v) is 18.9. The third-order valence-electron chi connectivity index (χ3n) is 4.87. The lowest BCUT2D eigenvalue weighted by molar-refractivity contribution is -0.143. The Hall–Kier alpha value is -3.68. The molecule has 8 heteroatoms. The average molecular weight is 440 g/mol. The molecule has 1 heterocycles. The Labute approximate surface area is 187 Å². The maximum absolute atomic E-state index is 12.8. The molecule has 0 aromatic heterocycles. The van der Waals surface area contributed by atoms with E-state index in [-0.39, 0.29) is 6.10 Å². The fraction of sp³-hybridized carbons (Fsp3) is 0.333. The van der Waals surface area contributed by atoms with Gasteiger partial charge in [0.05, 0.1) is 31.9 Å². The summed E-state index contributed by atoms with van der Waals surface area (Å²) in [4.78, 5) is 25.0. The molecule has 1 aliphatic heterocycles. The lowest BCUT2D eigenvalue weighted by atomic mass is 9.95. The Bertz CT molecular complexity index is 991. The van der Waals surface area contributed by atoms with Gasteiger partial charge in [-0.15, -0.1) is 0 Å². The van der Waals surface area contributed by atoms with Crippen molar-refractivity contribution >= 4 is 12.0 Å². The molecule has 0 spiro atoms. The Balaban J connectivity index is 1.99. The third kappa shape index (κ3) is 5.14. The number of urea groups is 1. The zero-order chi connectivity index (χ0) is 23.3. The fourth-order valence-electron chi connectivity index (χ4n) is 3.43. The minimum absolute atomic E-state index is 0.306. The van der Waals surface area contributed by atoms with Gasteiger partial charge in [-0.05, 0) is 44.0 Å². The van der Waals surface area contributed by atoms with Gasteiger partial charge in [0.15, 0.2) is 11.5 Å². The number of allylic oxidation sites excluding steroid dienone is 1. The van der Waals surface area contributed by atoms with Gasteiger partial charge in [-0.25, -0.2) is 9.59 Å². The molecule has 0 radical (unpaired) electrons. The number of amides is 2. The third-order valence-corrected chi connectivity index (χ3v) is 4.87. The van der Waals surface area contributed by atoms with E-state index < -0.39 is 18.0 Å². The minimum atomic E-state index is -0.749. The zero-order valence-electron chi connectivity index (χ0n) is 18.9. The van der Waals surface area contributed by atoms with Crippen LogP contribution in [0.2, 0.25) is 0 Å². The number of hydrogen-bond donors (Lipinski definition) is 2. The standard InChI is InChI=1S/C24H28N2O6/c1-14(2)32-23(27)20-15(3)25-24(28)26-21(20)17-11-18(29-4)22(19(12-17)30-5)31-13-16-9-7-6-8-10-16/h6-12,14,21H,13H2,1-5H3,(H2,25,26,28). The molecule has 32 heavy (non-hydrogen) atoms. The summed E-state index contributed by atoms with van der Waals surface area (Å²) in [6, 6.07) is 12.0. The smallest absolute Gasteiger partial charge is 0.338 e. The van der Waals surface area contributed by atoms with Crippen LogP contribution in [0.5, 0.6) is 17.2 Å². The predicted molar refractivity (Wildman–Crippen MR) is 119 cm³/mol. The van der Waals surface area contributed by atoms with Gasteiger partial charge in [-0.1, -0.05) is 30.3 Å². The van der Waals surface area contributed by atoms with Crippen molar-refractivity contribution in [2.75, 3.05) is 14.2 Å². The molecule has 1 atom stereocenters. The molecule has 0 aliphatic carbocycles. The average Bonchev–Trinajstić information content (AvgIpc) is 2.76. The van der Waals surface area contributed by atoms with Crippen molar-refractivity contribution in [2.45, 2.75) is 39.5 Å². The van der Waals surface area contributed by atoms with Crippen LogP contribution in [0.3, 0.4) is 0 Å². The van der Waals surface area contributed by atoms with Crippen molar-refractivity contribution in [1.29, 1.82) is 0 Å². The molecule has 8 nitrogen and oxygen atoms in total. The summed E-state index contributed by atoms with van der Waals surface area (Å²) in [5.74, 6) is 0.738. The summed E-state index contributed by atoms with van der Waals surface area (Å²) in [5.41, 5.74) is 2.31. The molecule has 2 amide bonds. The van der Waals surface area contributed by atoms with E-state index in [2.05, 4.69) is 10.6 Å². The fourth-order valence-corrected chi connectivity index (χ4v) is 3.43. The Morgan fingerprint density at radius 3 is 2.25 bits per heavy atom. The maximum Gasteiger partial charge on any atom is 0.338 e. The normalized spacial score (nSPS) is 15.7. The number of rotatable bonds is 8. The molecule has 1 unspecified atom stereocenters. The quantitative estimate of drug-likeness (QED) is 0.606. The first-order valence-corrected chi connectivity index (χ1v) is 10.3. The topological polar surface area (TPSA) is 95.1 Å². The number of carbonyl (C=O) groups is 2. The van der Waals surface area contributed by atoms with Crippen LogP contribution in [0.15, 0.2) is 53.7 Å². The van der Waals surface area contributed by atoms with E-state index in [0.29, 0.717) is 40.7 Å². The number of benzene rings is 2. The van der Waals surface area contributed by atoms with E-state index in [1.165, 1.54) is 14.2 Å². The number of nitrogens with one attached hydrogen (secondary N) is 2. The van der Waals surface area contributed by atoms with Crippen LogP contribution in [-0.4, -0.2) is 32.3 Å². The second-order valence-electron chi connectivity index (χ2n) is 7.55. The molecule has 0 bridgehead atoms. The summed E-state index contributed by atoms with van der Waals surface area (Å²) in [5, 5.41) is 5.42. The van der Waals surface area contributed by atoms with Gasteiger partial charge in [0, 0.05) is 5.70 Å². The highest BCUT2D eigenvalue weighted by Crippen LogP contribution is 2.42. The lowest BCUT2D eigenvalue weighted by Crippen LogP contribution is -2.45. The second kappa shape index (κ2) is 10.1. The van der Waals surface area contributed by atoms with Crippen molar-refractivity contribution in [2.24, 2.45) is 0 Å². The molecular weight excluding hydrogens is 412 g/mol. The Kier molecular flexibility index (Phi) is 7.25. The molecule has 170 valence electrons. The maximum atomic E-state index is 12.8. The summed E-state index contributed by atoms with van der Waals surface area (Å²) >= 11 is 0. The van der Waals surface area contributed by atoms with Gasteiger partial charge >= 0.3 is 12.0 Å². The molecule has 0 saturated heterocycles.